The van der Waals surface area contributed by atoms with Crippen LogP contribution >= 0.6 is 0 Å². The van der Waals surface area contributed by atoms with Crippen LogP contribution in [0, 0.1) is 0 Å². The minimum absolute atomic E-state index is 0.0415. The van der Waals surface area contributed by atoms with Crippen molar-refractivity contribution in [3.05, 3.63) is 59.1 Å². The van der Waals surface area contributed by atoms with E-state index in [1.807, 2.05) is 13.0 Å². The summed E-state index contributed by atoms with van der Waals surface area (Å²) in [5.74, 6) is -0.345. The number of aliphatic hydroxyl groups excluding tert-OH is 1. The molecule has 1 N–H and O–H groups in total. The van der Waals surface area contributed by atoms with Gasteiger partial charge in [0.05, 0.1) is 17.9 Å². The molecule has 0 spiro atoms. The Labute approximate surface area is 173 Å². The number of hydrogen-bond donors (Lipinski definition) is 1. The van der Waals surface area contributed by atoms with Crippen LogP contribution in [0.15, 0.2) is 46.6 Å². The van der Waals surface area contributed by atoms with Gasteiger partial charge in [0.25, 0.3) is 11.7 Å². The fraction of sp³-hybridized carbons (Fsp3) is 0.391. The van der Waals surface area contributed by atoms with Crippen molar-refractivity contribution >= 4 is 17.4 Å². The minimum atomic E-state index is -0.785. The summed E-state index contributed by atoms with van der Waals surface area (Å²) in [6.07, 6.45) is 3.92. The first kappa shape index (κ1) is 18.9. The van der Waals surface area contributed by atoms with Crippen molar-refractivity contribution in [2.75, 3.05) is 13.2 Å². The number of carbonyl (C=O) groups is 2. The largest absolute Gasteiger partial charge is 0.507 e. The fourth-order valence-electron chi connectivity index (χ4n) is 4.54. The van der Waals surface area contributed by atoms with Gasteiger partial charge in [-0.3, -0.25) is 9.59 Å². The van der Waals surface area contributed by atoms with Gasteiger partial charge in [-0.25, -0.2) is 0 Å². The highest BCUT2D eigenvalue weighted by Gasteiger charge is 2.48. The van der Waals surface area contributed by atoms with Gasteiger partial charge in [0.1, 0.15) is 29.4 Å². The number of rotatable bonds is 4. The highest BCUT2D eigenvalue weighted by molar-refractivity contribution is 6.46. The second-order valence-electron chi connectivity index (χ2n) is 8.06. The first-order valence-electron chi connectivity index (χ1n) is 10.3. The Balaban J connectivity index is 1.57. The van der Waals surface area contributed by atoms with E-state index in [-0.39, 0.29) is 30.1 Å². The van der Waals surface area contributed by atoms with E-state index in [2.05, 4.69) is 0 Å². The summed E-state index contributed by atoms with van der Waals surface area (Å²) < 4.78 is 17.0. The molecule has 2 saturated heterocycles. The molecule has 1 amide bonds. The molecule has 0 aliphatic carbocycles. The lowest BCUT2D eigenvalue weighted by atomic mass is 9.97. The van der Waals surface area contributed by atoms with Crippen molar-refractivity contribution in [2.24, 2.45) is 0 Å². The number of benzene rings is 1. The number of ketones is 1. The van der Waals surface area contributed by atoms with Crippen LogP contribution < -0.4 is 4.74 Å². The number of fused-ring (bicyclic) bond motifs is 1. The number of nitrogens with zero attached hydrogens (tertiary/aromatic N) is 1. The highest BCUT2D eigenvalue weighted by atomic mass is 16.5. The number of ether oxygens (including phenoxy) is 2. The van der Waals surface area contributed by atoms with Crippen LogP contribution in [0.2, 0.25) is 0 Å². The Hall–Kier alpha value is -3.06. The summed E-state index contributed by atoms with van der Waals surface area (Å²) >= 11 is 0. The molecule has 5 rings (SSSR count). The zero-order valence-corrected chi connectivity index (χ0v) is 16.7. The molecule has 1 aromatic heterocycles. The van der Waals surface area contributed by atoms with E-state index in [4.69, 9.17) is 13.9 Å². The van der Waals surface area contributed by atoms with Crippen LogP contribution in [0.1, 0.15) is 42.7 Å². The van der Waals surface area contributed by atoms with Gasteiger partial charge in [0.15, 0.2) is 0 Å². The van der Waals surface area contributed by atoms with E-state index >= 15 is 0 Å². The van der Waals surface area contributed by atoms with E-state index in [1.54, 1.807) is 24.3 Å². The summed E-state index contributed by atoms with van der Waals surface area (Å²) in [7, 11) is 0. The summed E-state index contributed by atoms with van der Waals surface area (Å²) in [4.78, 5) is 27.3. The van der Waals surface area contributed by atoms with E-state index < -0.39 is 17.7 Å². The van der Waals surface area contributed by atoms with Gasteiger partial charge < -0.3 is 23.9 Å². The van der Waals surface area contributed by atoms with Gasteiger partial charge in [-0.2, -0.15) is 0 Å². The van der Waals surface area contributed by atoms with Gasteiger partial charge in [-0.05, 0) is 55.7 Å². The normalized spacial score (nSPS) is 27.5. The molecule has 2 aromatic rings. The minimum Gasteiger partial charge on any atom is -0.507 e. The van der Waals surface area contributed by atoms with Crippen molar-refractivity contribution in [3.63, 3.8) is 0 Å². The van der Waals surface area contributed by atoms with E-state index in [0.717, 1.165) is 30.6 Å². The summed E-state index contributed by atoms with van der Waals surface area (Å²) in [6.45, 7) is 2.91. The average Bonchev–Trinajstić information content (AvgIpc) is 3.51. The van der Waals surface area contributed by atoms with Gasteiger partial charge in [-0.1, -0.05) is 0 Å². The standard InChI is InChI=1S/C23H23NO6/c1-13-10-15-11-14(6-7-17(15)30-13)21(25)19-20(18-5-3-9-29-18)24(23(27)22(19)26)12-16-4-2-8-28-16/h3,5-7,9,11,13,16,20,25H,2,4,8,10,12H2,1H3/t13-,16+,20+/m0/s1. The Morgan fingerprint density at radius 2 is 2.13 bits per heavy atom. The van der Waals surface area contributed by atoms with Crippen LogP contribution in [-0.2, 0) is 20.7 Å². The number of amides is 1. The molecule has 1 aromatic carbocycles. The van der Waals surface area contributed by atoms with Crippen molar-refractivity contribution in [2.45, 2.75) is 44.4 Å². The number of likely N-dealkylation sites (tertiary alicyclic amines) is 1. The van der Waals surface area contributed by atoms with E-state index in [0.29, 0.717) is 17.9 Å². The zero-order valence-electron chi connectivity index (χ0n) is 16.7. The molecule has 0 radical (unpaired) electrons. The molecule has 0 unspecified atom stereocenters. The van der Waals surface area contributed by atoms with Crippen molar-refractivity contribution in [3.8, 4) is 5.75 Å². The SMILES string of the molecule is C[C@H]1Cc2cc(C(O)=C3C(=O)C(=O)N(C[C@H]4CCCO4)[C@@H]3c3ccco3)ccc2O1. The maximum atomic E-state index is 13.0. The molecular weight excluding hydrogens is 386 g/mol. The molecule has 3 aliphatic heterocycles. The smallest absolute Gasteiger partial charge is 0.295 e. The Bertz CT molecular complexity index is 1020. The third-order valence-corrected chi connectivity index (χ3v) is 5.95. The van der Waals surface area contributed by atoms with E-state index in [1.165, 1.54) is 11.2 Å². The summed E-state index contributed by atoms with van der Waals surface area (Å²) in [5.41, 5.74) is 1.49. The topological polar surface area (TPSA) is 89.2 Å². The fourth-order valence-corrected chi connectivity index (χ4v) is 4.54. The molecule has 30 heavy (non-hydrogen) atoms. The van der Waals surface area contributed by atoms with Crippen LogP contribution in [0.5, 0.6) is 5.75 Å². The highest BCUT2D eigenvalue weighted by Crippen LogP contribution is 2.41. The molecule has 156 valence electrons. The summed E-state index contributed by atoms with van der Waals surface area (Å²) in [6, 6.07) is 7.95. The number of aliphatic hydroxyl groups is 1. The number of Topliss-reactive ketones (excluding diaryl/α,β-unsaturated/α-hetero) is 1. The third kappa shape index (κ3) is 3.10. The van der Waals surface area contributed by atoms with Crippen LogP contribution in [-0.4, -0.2) is 47.1 Å². The number of furan rings is 1. The molecule has 7 nitrogen and oxygen atoms in total. The van der Waals surface area contributed by atoms with Crippen LogP contribution in [0.3, 0.4) is 0 Å². The maximum absolute atomic E-state index is 13.0. The second-order valence-corrected chi connectivity index (χ2v) is 8.06. The van der Waals surface area contributed by atoms with Crippen LogP contribution in [0.25, 0.3) is 5.76 Å². The Kier molecular flexibility index (Phi) is 4.62. The molecular formula is C23H23NO6. The predicted molar refractivity (Wildman–Crippen MR) is 107 cm³/mol. The predicted octanol–water partition coefficient (Wildman–Crippen LogP) is 3.20. The van der Waals surface area contributed by atoms with Gasteiger partial charge in [-0.15, -0.1) is 0 Å². The first-order valence-corrected chi connectivity index (χ1v) is 10.3. The Morgan fingerprint density at radius 3 is 2.87 bits per heavy atom. The second kappa shape index (κ2) is 7.32. The average molecular weight is 409 g/mol. The molecule has 0 bridgehead atoms. The van der Waals surface area contributed by atoms with Gasteiger partial charge in [0, 0.05) is 25.1 Å². The lowest BCUT2D eigenvalue weighted by molar-refractivity contribution is -0.141. The lowest BCUT2D eigenvalue weighted by Crippen LogP contribution is -2.36. The lowest BCUT2D eigenvalue weighted by Gasteiger charge is -2.25. The van der Waals surface area contributed by atoms with Gasteiger partial charge in [0.2, 0.25) is 0 Å². The van der Waals surface area contributed by atoms with Gasteiger partial charge >= 0.3 is 0 Å². The molecule has 3 atom stereocenters. The zero-order chi connectivity index (χ0) is 20.8. The third-order valence-electron chi connectivity index (χ3n) is 5.95. The van der Waals surface area contributed by atoms with Crippen LogP contribution in [0.4, 0.5) is 0 Å². The molecule has 3 aliphatic rings. The number of carbonyl (C=O) groups excluding carboxylic acids is 2. The first-order chi connectivity index (χ1) is 14.5. The monoisotopic (exact) mass is 409 g/mol. The summed E-state index contributed by atoms with van der Waals surface area (Å²) in [5, 5.41) is 11.1. The molecule has 7 heteroatoms. The Morgan fingerprint density at radius 1 is 1.27 bits per heavy atom. The van der Waals surface area contributed by atoms with E-state index in [9.17, 15) is 14.7 Å². The molecule has 0 saturated carbocycles. The molecule has 2 fully saturated rings. The number of hydrogen-bond acceptors (Lipinski definition) is 6. The maximum Gasteiger partial charge on any atom is 0.295 e. The molecule has 4 heterocycles. The van der Waals surface area contributed by atoms with Crippen molar-refractivity contribution in [1.82, 2.24) is 4.90 Å². The van der Waals surface area contributed by atoms with Crippen molar-refractivity contribution in [1.29, 1.82) is 0 Å². The van der Waals surface area contributed by atoms with Crippen molar-refractivity contribution < 1.29 is 28.6 Å². The quantitative estimate of drug-likeness (QED) is 0.474.